The molecule has 0 saturated heterocycles. The molecule has 4 nitrogen and oxygen atoms in total. The lowest BCUT2D eigenvalue weighted by Gasteiger charge is -2.19. The van der Waals surface area contributed by atoms with Gasteiger partial charge >= 0.3 is 0 Å². The Balaban J connectivity index is 2.39. The summed E-state index contributed by atoms with van der Waals surface area (Å²) in [5.41, 5.74) is 8.83. The highest BCUT2D eigenvalue weighted by Gasteiger charge is 2.07. The predicted octanol–water partition coefficient (Wildman–Crippen LogP) is 2.44. The highest BCUT2D eigenvalue weighted by atomic mass is 15.2. The molecule has 4 heteroatoms. The van der Waals surface area contributed by atoms with E-state index in [4.69, 9.17) is 5.73 Å². The van der Waals surface area contributed by atoms with Gasteiger partial charge in [0.15, 0.2) is 0 Å². The average molecular weight is 228 g/mol. The second-order valence-electron chi connectivity index (χ2n) is 4.12. The van der Waals surface area contributed by atoms with Crippen LogP contribution in [0.4, 0.5) is 17.5 Å². The summed E-state index contributed by atoms with van der Waals surface area (Å²) in [5.74, 6) is 1.11. The molecule has 0 radical (unpaired) electrons. The third-order valence-corrected chi connectivity index (χ3v) is 2.59. The molecule has 0 aliphatic carbocycles. The quantitative estimate of drug-likeness (QED) is 0.857. The molecule has 88 valence electrons. The van der Waals surface area contributed by atoms with Gasteiger partial charge in [-0.2, -0.15) is 4.98 Å². The summed E-state index contributed by atoms with van der Waals surface area (Å²) in [6, 6.07) is 10.2. The van der Waals surface area contributed by atoms with Crippen molar-refractivity contribution in [2.75, 3.05) is 17.7 Å². The zero-order valence-corrected chi connectivity index (χ0v) is 10.3. The van der Waals surface area contributed by atoms with Crippen LogP contribution in [0.3, 0.4) is 0 Å². The van der Waals surface area contributed by atoms with E-state index in [9.17, 15) is 0 Å². The fourth-order valence-corrected chi connectivity index (χ4v) is 1.72. The van der Waals surface area contributed by atoms with Gasteiger partial charge < -0.3 is 10.6 Å². The second-order valence-corrected chi connectivity index (χ2v) is 4.12. The van der Waals surface area contributed by atoms with Crippen molar-refractivity contribution in [1.29, 1.82) is 0 Å². The summed E-state index contributed by atoms with van der Waals surface area (Å²) >= 11 is 0. The van der Waals surface area contributed by atoms with Crippen LogP contribution in [0.2, 0.25) is 0 Å². The zero-order chi connectivity index (χ0) is 12.4. The largest absolute Gasteiger partial charge is 0.368 e. The highest BCUT2D eigenvalue weighted by Crippen LogP contribution is 2.23. The first-order valence-electron chi connectivity index (χ1n) is 5.48. The molecule has 1 aromatic heterocycles. The molecule has 0 amide bonds. The maximum atomic E-state index is 5.66. The van der Waals surface area contributed by atoms with Gasteiger partial charge in [0.25, 0.3) is 0 Å². The fourth-order valence-electron chi connectivity index (χ4n) is 1.72. The lowest BCUT2D eigenvalue weighted by molar-refractivity contribution is 1.06. The molecule has 0 saturated carbocycles. The number of nitrogens with two attached hydrogens (primary N) is 1. The number of nitrogens with zero attached hydrogens (tertiary/aromatic N) is 3. The van der Waals surface area contributed by atoms with Crippen LogP contribution in [-0.2, 0) is 0 Å². The van der Waals surface area contributed by atoms with E-state index in [1.54, 1.807) is 0 Å². The molecular formula is C13H16N4. The van der Waals surface area contributed by atoms with Crippen molar-refractivity contribution in [3.63, 3.8) is 0 Å². The van der Waals surface area contributed by atoms with Gasteiger partial charge in [-0.05, 0) is 31.5 Å². The monoisotopic (exact) mass is 228 g/mol. The summed E-state index contributed by atoms with van der Waals surface area (Å²) < 4.78 is 0. The molecule has 0 spiro atoms. The first kappa shape index (κ1) is 11.4. The minimum absolute atomic E-state index is 0.305. The van der Waals surface area contributed by atoms with Crippen molar-refractivity contribution < 1.29 is 0 Å². The van der Waals surface area contributed by atoms with Crippen LogP contribution in [0.15, 0.2) is 30.3 Å². The minimum Gasteiger partial charge on any atom is -0.368 e. The summed E-state index contributed by atoms with van der Waals surface area (Å²) in [5, 5.41) is 0. The van der Waals surface area contributed by atoms with Gasteiger partial charge in [0.1, 0.15) is 5.82 Å². The summed E-state index contributed by atoms with van der Waals surface area (Å²) in [7, 11) is 1.97. The van der Waals surface area contributed by atoms with E-state index in [1.165, 1.54) is 5.56 Å². The first-order chi connectivity index (χ1) is 8.06. The Morgan fingerprint density at radius 1 is 1.12 bits per heavy atom. The molecule has 17 heavy (non-hydrogen) atoms. The molecule has 2 aromatic rings. The first-order valence-corrected chi connectivity index (χ1v) is 5.48. The minimum atomic E-state index is 0.305. The zero-order valence-electron chi connectivity index (χ0n) is 10.3. The summed E-state index contributed by atoms with van der Waals surface area (Å²) in [6.07, 6.45) is 0. The Morgan fingerprint density at radius 3 is 2.53 bits per heavy atom. The van der Waals surface area contributed by atoms with Crippen LogP contribution in [0.5, 0.6) is 0 Å². The average Bonchev–Trinajstić information content (AvgIpc) is 2.26. The Kier molecular flexibility index (Phi) is 2.95. The number of hydrogen-bond donors (Lipinski definition) is 1. The van der Waals surface area contributed by atoms with Crippen molar-refractivity contribution in [3.8, 4) is 0 Å². The molecule has 2 rings (SSSR count). The Bertz CT molecular complexity index is 516. The molecule has 0 aliphatic rings. The van der Waals surface area contributed by atoms with E-state index in [1.807, 2.05) is 37.1 Å². The van der Waals surface area contributed by atoms with Gasteiger partial charge in [0, 0.05) is 24.5 Å². The summed E-state index contributed by atoms with van der Waals surface area (Å²) in [4.78, 5) is 10.3. The molecule has 0 atom stereocenters. The lowest BCUT2D eigenvalue weighted by atomic mass is 10.2. The van der Waals surface area contributed by atoms with E-state index in [2.05, 4.69) is 29.0 Å². The smallest absolute Gasteiger partial charge is 0.222 e. The number of nitrogen functional groups attached to an aromatic ring is 1. The van der Waals surface area contributed by atoms with Crippen molar-refractivity contribution in [3.05, 3.63) is 41.6 Å². The van der Waals surface area contributed by atoms with Crippen LogP contribution in [0, 0.1) is 13.8 Å². The number of rotatable bonds is 2. The topological polar surface area (TPSA) is 55.0 Å². The van der Waals surface area contributed by atoms with Crippen molar-refractivity contribution in [2.45, 2.75) is 13.8 Å². The molecule has 0 bridgehead atoms. The Labute approximate surface area is 101 Å². The van der Waals surface area contributed by atoms with Gasteiger partial charge in [0.2, 0.25) is 5.95 Å². The van der Waals surface area contributed by atoms with Crippen LogP contribution in [0.25, 0.3) is 0 Å². The lowest BCUT2D eigenvalue weighted by Crippen LogP contribution is -2.13. The molecule has 0 fully saturated rings. The SMILES string of the molecule is Cc1cccc(N(C)c2cc(C)nc(N)n2)c1. The Morgan fingerprint density at radius 2 is 1.88 bits per heavy atom. The fraction of sp³-hybridized carbons (Fsp3) is 0.231. The third kappa shape index (κ3) is 2.53. The molecule has 1 aromatic carbocycles. The molecule has 0 unspecified atom stereocenters. The molecule has 2 N–H and O–H groups in total. The van der Waals surface area contributed by atoms with Gasteiger partial charge in [-0.15, -0.1) is 0 Å². The summed E-state index contributed by atoms with van der Waals surface area (Å²) in [6.45, 7) is 3.97. The maximum absolute atomic E-state index is 5.66. The van der Waals surface area contributed by atoms with Gasteiger partial charge in [-0.1, -0.05) is 12.1 Å². The third-order valence-electron chi connectivity index (χ3n) is 2.59. The second kappa shape index (κ2) is 4.41. The molecular weight excluding hydrogens is 212 g/mol. The standard InChI is InChI=1S/C13H16N4/c1-9-5-4-6-11(7-9)17(3)12-8-10(2)15-13(14)16-12/h4-8H,1-3H3,(H2,14,15,16). The van der Waals surface area contributed by atoms with Crippen molar-refractivity contribution in [1.82, 2.24) is 9.97 Å². The predicted molar refractivity (Wildman–Crippen MR) is 70.4 cm³/mol. The van der Waals surface area contributed by atoms with Gasteiger partial charge in [-0.3, -0.25) is 0 Å². The number of aromatic nitrogens is 2. The maximum Gasteiger partial charge on any atom is 0.222 e. The van der Waals surface area contributed by atoms with E-state index in [0.29, 0.717) is 5.95 Å². The van der Waals surface area contributed by atoms with E-state index in [-0.39, 0.29) is 0 Å². The number of aryl methyl sites for hydroxylation is 2. The van der Waals surface area contributed by atoms with E-state index in [0.717, 1.165) is 17.2 Å². The van der Waals surface area contributed by atoms with Crippen LogP contribution >= 0.6 is 0 Å². The normalized spacial score (nSPS) is 10.3. The number of benzene rings is 1. The Hall–Kier alpha value is -2.10. The molecule has 1 heterocycles. The van der Waals surface area contributed by atoms with Gasteiger partial charge in [0.05, 0.1) is 0 Å². The van der Waals surface area contributed by atoms with Crippen molar-refractivity contribution >= 4 is 17.5 Å². The highest BCUT2D eigenvalue weighted by molar-refractivity contribution is 5.60. The van der Waals surface area contributed by atoms with E-state index >= 15 is 0 Å². The van der Waals surface area contributed by atoms with Crippen molar-refractivity contribution in [2.24, 2.45) is 0 Å². The number of anilines is 3. The van der Waals surface area contributed by atoms with Crippen LogP contribution in [0.1, 0.15) is 11.3 Å². The molecule has 0 aliphatic heterocycles. The van der Waals surface area contributed by atoms with Gasteiger partial charge in [-0.25, -0.2) is 4.98 Å². The number of hydrogen-bond acceptors (Lipinski definition) is 4. The van der Waals surface area contributed by atoms with Crippen LogP contribution in [-0.4, -0.2) is 17.0 Å². The van der Waals surface area contributed by atoms with Crippen LogP contribution < -0.4 is 10.6 Å². The van der Waals surface area contributed by atoms with E-state index < -0.39 is 0 Å².